The molecule has 1 amide bonds. The Morgan fingerprint density at radius 2 is 1.83 bits per heavy atom. The van der Waals surface area contributed by atoms with Gasteiger partial charge in [0.25, 0.3) is 0 Å². The van der Waals surface area contributed by atoms with Crippen LogP contribution in [0.15, 0.2) is 24.3 Å². The van der Waals surface area contributed by atoms with Gasteiger partial charge in [0.15, 0.2) is 5.11 Å². The van der Waals surface area contributed by atoms with E-state index in [1.165, 1.54) is 10.5 Å². The number of aryl methyl sites for hydroxylation is 1. The number of ether oxygens (including phenoxy) is 1. The van der Waals surface area contributed by atoms with Crippen LogP contribution in [0, 0.1) is 6.92 Å². The molecule has 0 aromatic heterocycles. The van der Waals surface area contributed by atoms with E-state index in [2.05, 4.69) is 30.0 Å². The zero-order valence-electron chi connectivity index (χ0n) is 14.5. The molecule has 1 saturated heterocycles. The average molecular weight is 351 g/mol. The van der Waals surface area contributed by atoms with Crippen LogP contribution in [-0.2, 0) is 9.53 Å². The van der Waals surface area contributed by atoms with E-state index < -0.39 is 0 Å². The van der Waals surface area contributed by atoms with Gasteiger partial charge in [0.1, 0.15) is 25.3 Å². The number of nitrogens with one attached hydrogen (secondary N) is 4. The Morgan fingerprint density at radius 3 is 2.46 bits per heavy atom. The first-order valence-electron chi connectivity index (χ1n) is 8.34. The largest absolute Gasteiger partial charge is 0.364 e. The van der Waals surface area contributed by atoms with Crippen LogP contribution in [0.25, 0.3) is 0 Å². The van der Waals surface area contributed by atoms with Crippen LogP contribution < -0.4 is 21.1 Å². The summed E-state index contributed by atoms with van der Waals surface area (Å²) in [4.78, 5) is 13.3. The quantitative estimate of drug-likeness (QED) is 0.467. The van der Waals surface area contributed by atoms with Crippen LogP contribution in [0.4, 0.5) is 5.69 Å². The van der Waals surface area contributed by atoms with Crippen molar-refractivity contribution in [2.75, 3.05) is 25.0 Å². The molecule has 1 aliphatic heterocycles. The van der Waals surface area contributed by atoms with Gasteiger partial charge in [-0.1, -0.05) is 17.7 Å². The molecule has 6 nitrogen and oxygen atoms in total. The molecule has 4 N–H and O–H groups in total. The van der Waals surface area contributed by atoms with E-state index in [-0.39, 0.29) is 18.1 Å². The number of quaternary nitrogens is 1. The zero-order chi connectivity index (χ0) is 17.5. The second-order valence-electron chi connectivity index (χ2n) is 6.41. The fraction of sp³-hybridized carbons (Fsp3) is 0.529. The molecule has 24 heavy (non-hydrogen) atoms. The summed E-state index contributed by atoms with van der Waals surface area (Å²) in [5.74, 6) is -0.0673. The van der Waals surface area contributed by atoms with Crippen molar-refractivity contribution in [2.45, 2.75) is 39.4 Å². The third-order valence-electron chi connectivity index (χ3n) is 3.95. The topological polar surface area (TPSA) is 66.8 Å². The van der Waals surface area contributed by atoms with Crippen LogP contribution in [0.1, 0.15) is 25.8 Å². The number of anilines is 1. The predicted molar refractivity (Wildman–Crippen MR) is 98.9 cm³/mol. The molecule has 1 aliphatic rings. The van der Waals surface area contributed by atoms with Gasteiger partial charge in [-0.2, -0.15) is 0 Å². The molecule has 132 valence electrons. The fourth-order valence-corrected chi connectivity index (χ4v) is 3.04. The first kappa shape index (κ1) is 18.6. The van der Waals surface area contributed by atoms with Gasteiger partial charge in [0.2, 0.25) is 5.91 Å². The first-order valence-corrected chi connectivity index (χ1v) is 8.74. The molecule has 3 atom stereocenters. The number of hydrogen-bond acceptors (Lipinski definition) is 3. The average Bonchev–Trinajstić information content (AvgIpc) is 2.52. The molecule has 0 aliphatic carbocycles. The molecule has 0 saturated carbocycles. The van der Waals surface area contributed by atoms with E-state index in [0.717, 1.165) is 25.3 Å². The maximum Gasteiger partial charge on any atom is 0.244 e. The highest BCUT2D eigenvalue weighted by Crippen LogP contribution is 2.07. The summed E-state index contributed by atoms with van der Waals surface area (Å²) in [7, 11) is 0. The maximum absolute atomic E-state index is 11.9. The third-order valence-corrected chi connectivity index (χ3v) is 4.15. The van der Waals surface area contributed by atoms with Gasteiger partial charge in [-0.05, 0) is 45.1 Å². The van der Waals surface area contributed by atoms with Crippen LogP contribution in [0.5, 0.6) is 0 Å². The minimum atomic E-state index is -0.0673. The Balaban J connectivity index is 1.65. The molecular weight excluding hydrogens is 324 g/mol. The number of carbonyl (C=O) groups is 1. The van der Waals surface area contributed by atoms with E-state index in [9.17, 15) is 4.79 Å². The first-order chi connectivity index (χ1) is 11.4. The molecule has 7 heteroatoms. The lowest BCUT2D eigenvalue weighted by molar-refractivity contribution is -0.914. The van der Waals surface area contributed by atoms with Crippen molar-refractivity contribution < 1.29 is 14.4 Å². The molecule has 2 rings (SSSR count). The molecule has 1 heterocycles. The van der Waals surface area contributed by atoms with Crippen LogP contribution in [0.3, 0.4) is 0 Å². The Hall–Kier alpha value is -1.70. The van der Waals surface area contributed by atoms with Gasteiger partial charge < -0.3 is 15.0 Å². The number of rotatable bonds is 4. The highest BCUT2D eigenvalue weighted by atomic mass is 32.1. The second kappa shape index (κ2) is 8.96. The smallest absolute Gasteiger partial charge is 0.244 e. The van der Waals surface area contributed by atoms with E-state index in [1.807, 2.05) is 31.2 Å². The summed E-state index contributed by atoms with van der Waals surface area (Å²) in [5, 5.41) is 3.39. The zero-order valence-corrected chi connectivity index (χ0v) is 15.3. The van der Waals surface area contributed by atoms with E-state index in [0.29, 0.717) is 11.5 Å². The van der Waals surface area contributed by atoms with Crippen molar-refractivity contribution >= 4 is 28.9 Å². The van der Waals surface area contributed by atoms with Crippen molar-refractivity contribution in [1.29, 1.82) is 0 Å². The minimum Gasteiger partial charge on any atom is -0.364 e. The Kier molecular flexibility index (Phi) is 6.96. The molecule has 1 unspecified atom stereocenters. The van der Waals surface area contributed by atoms with Gasteiger partial charge in [-0.25, -0.2) is 0 Å². The normalized spacial score (nSPS) is 23.4. The summed E-state index contributed by atoms with van der Waals surface area (Å²) in [6, 6.07) is 7.87. The van der Waals surface area contributed by atoms with Crippen molar-refractivity contribution in [2.24, 2.45) is 0 Å². The van der Waals surface area contributed by atoms with Gasteiger partial charge in [-0.15, -0.1) is 0 Å². The van der Waals surface area contributed by atoms with Crippen LogP contribution in [-0.4, -0.2) is 42.9 Å². The molecule has 0 spiro atoms. The highest BCUT2D eigenvalue weighted by molar-refractivity contribution is 7.80. The number of morpholine rings is 1. The fourth-order valence-electron chi connectivity index (χ4n) is 2.87. The second-order valence-corrected chi connectivity index (χ2v) is 6.82. The molecular formula is C17H27N4O2S+. The van der Waals surface area contributed by atoms with Crippen molar-refractivity contribution in [3.8, 4) is 0 Å². The van der Waals surface area contributed by atoms with Crippen molar-refractivity contribution in [3.05, 3.63) is 29.8 Å². The number of hydrogen-bond donors (Lipinski definition) is 4. The lowest BCUT2D eigenvalue weighted by Gasteiger charge is -2.32. The maximum atomic E-state index is 11.9. The van der Waals surface area contributed by atoms with E-state index in [1.54, 1.807) is 0 Å². The summed E-state index contributed by atoms with van der Waals surface area (Å²) in [5.41, 5.74) is 7.44. The summed E-state index contributed by atoms with van der Waals surface area (Å²) in [6.07, 6.45) is 0.946. The lowest BCUT2D eigenvalue weighted by Crippen LogP contribution is -3.15. The van der Waals surface area contributed by atoms with Crippen LogP contribution >= 0.6 is 12.2 Å². The summed E-state index contributed by atoms with van der Waals surface area (Å²) in [6.45, 7) is 8.86. The molecule has 1 aromatic rings. The summed E-state index contributed by atoms with van der Waals surface area (Å²) >= 11 is 5.17. The predicted octanol–water partition coefficient (Wildman–Crippen LogP) is 0.395. The van der Waals surface area contributed by atoms with E-state index >= 15 is 0 Å². The number of benzene rings is 1. The monoisotopic (exact) mass is 351 g/mol. The molecule has 1 fully saturated rings. The Morgan fingerprint density at radius 1 is 1.21 bits per heavy atom. The minimum absolute atomic E-state index is 0.0673. The van der Waals surface area contributed by atoms with Crippen LogP contribution in [0.2, 0.25) is 0 Å². The molecule has 1 aromatic carbocycles. The highest BCUT2D eigenvalue weighted by Gasteiger charge is 2.25. The van der Waals surface area contributed by atoms with Crippen molar-refractivity contribution in [1.82, 2.24) is 10.9 Å². The molecule has 0 bridgehead atoms. The number of amides is 1. The summed E-state index contributed by atoms with van der Waals surface area (Å²) < 4.78 is 5.71. The van der Waals surface area contributed by atoms with Gasteiger partial charge >= 0.3 is 0 Å². The molecule has 0 radical (unpaired) electrons. The van der Waals surface area contributed by atoms with Crippen molar-refractivity contribution in [3.63, 3.8) is 0 Å². The SMILES string of the molecule is Cc1ccc(NC(=S)NNC(=O)CC[NH+]2C[C@@H](C)O[C@@H](C)C2)cc1. The Bertz CT molecular complexity index is 554. The Labute approximate surface area is 148 Å². The standard InChI is InChI=1S/C17H26N4O2S/c1-12-4-6-15(7-5-12)18-17(24)20-19-16(22)8-9-21-10-13(2)23-14(3)11-21/h4-7,13-14H,8-11H2,1-3H3,(H,19,22)(H2,18,20,24)/p+1/t13-,14+. The number of hydrazine groups is 1. The van der Waals surface area contributed by atoms with Gasteiger partial charge in [0.05, 0.1) is 13.0 Å². The van der Waals surface area contributed by atoms with E-state index in [4.69, 9.17) is 17.0 Å². The van der Waals surface area contributed by atoms with Gasteiger partial charge in [-0.3, -0.25) is 15.6 Å². The number of carbonyl (C=O) groups excluding carboxylic acids is 1. The van der Waals surface area contributed by atoms with Gasteiger partial charge in [0, 0.05) is 5.69 Å². The third kappa shape index (κ3) is 6.43. The number of thiocarbonyl (C=S) groups is 1. The lowest BCUT2D eigenvalue weighted by atomic mass is 10.2.